The topological polar surface area (TPSA) is 80.9 Å². The molecule has 0 bridgehead atoms. The molecule has 3 saturated carbocycles. The number of aliphatic hydroxyl groups is 4. The number of hydrogen-bond acceptors (Lipinski definition) is 4. The minimum absolute atomic E-state index is 0.249. The monoisotopic (exact) mass is 432 g/mol. The summed E-state index contributed by atoms with van der Waals surface area (Å²) in [7, 11) is 0. The van der Waals surface area contributed by atoms with Crippen LogP contribution in [0.4, 0.5) is 0 Å². The molecular weight excluding hydrogens is 388 g/mol. The third-order valence-corrected chi connectivity index (χ3v) is 8.71. The van der Waals surface area contributed by atoms with E-state index in [4.69, 9.17) is 0 Å². The van der Waals surface area contributed by atoms with Gasteiger partial charge in [0.1, 0.15) is 5.60 Å². The Morgan fingerprint density at radius 2 is 1.68 bits per heavy atom. The van der Waals surface area contributed by atoms with Crippen molar-refractivity contribution in [3.8, 4) is 0 Å². The molecule has 3 fully saturated rings. The van der Waals surface area contributed by atoms with Crippen molar-refractivity contribution in [2.45, 2.75) is 109 Å². The van der Waals surface area contributed by atoms with Crippen LogP contribution >= 0.6 is 0 Å². The van der Waals surface area contributed by atoms with Crippen LogP contribution in [-0.4, -0.2) is 43.8 Å². The van der Waals surface area contributed by atoms with Crippen LogP contribution in [0.25, 0.3) is 0 Å². The van der Waals surface area contributed by atoms with Crippen LogP contribution in [0.3, 0.4) is 0 Å². The second-order valence-electron chi connectivity index (χ2n) is 11.5. The van der Waals surface area contributed by atoms with E-state index in [1.165, 1.54) is 31.3 Å². The normalized spacial score (nSPS) is 40.3. The first kappa shape index (κ1) is 24.7. The molecule has 3 aliphatic rings. The molecule has 0 heterocycles. The van der Waals surface area contributed by atoms with Gasteiger partial charge in [0.25, 0.3) is 0 Å². The van der Waals surface area contributed by atoms with Crippen molar-refractivity contribution in [3.63, 3.8) is 0 Å². The van der Waals surface area contributed by atoms with Crippen molar-refractivity contribution < 1.29 is 20.4 Å². The summed E-state index contributed by atoms with van der Waals surface area (Å²) in [5.41, 5.74) is 0.501. The molecule has 4 nitrogen and oxygen atoms in total. The van der Waals surface area contributed by atoms with Gasteiger partial charge in [0.15, 0.2) is 0 Å². The summed E-state index contributed by atoms with van der Waals surface area (Å²) in [5.74, 6) is 1.47. The molecule has 3 aliphatic carbocycles. The summed E-state index contributed by atoms with van der Waals surface area (Å²) in [4.78, 5) is 0. The maximum Gasteiger partial charge on any atom is 0.108 e. The van der Waals surface area contributed by atoms with E-state index in [-0.39, 0.29) is 5.41 Å². The molecule has 0 saturated heterocycles. The predicted octanol–water partition coefficient (Wildman–Crippen LogP) is 4.68. The Morgan fingerprint density at radius 3 is 2.29 bits per heavy atom. The summed E-state index contributed by atoms with van der Waals surface area (Å²) in [6.07, 6.45) is 15.3. The molecule has 0 aromatic heterocycles. The van der Waals surface area contributed by atoms with Crippen molar-refractivity contribution in [2.24, 2.45) is 23.2 Å². The van der Waals surface area contributed by atoms with Crippen LogP contribution < -0.4 is 0 Å². The van der Waals surface area contributed by atoms with E-state index < -0.39 is 23.4 Å². The van der Waals surface area contributed by atoms with Gasteiger partial charge in [-0.15, -0.1) is 0 Å². The maximum absolute atomic E-state index is 10.6. The van der Waals surface area contributed by atoms with Crippen LogP contribution in [0.15, 0.2) is 35.5 Å². The lowest BCUT2D eigenvalue weighted by Gasteiger charge is -2.44. The van der Waals surface area contributed by atoms with Gasteiger partial charge in [-0.3, -0.25) is 0 Å². The van der Waals surface area contributed by atoms with Gasteiger partial charge in [-0.2, -0.15) is 0 Å². The van der Waals surface area contributed by atoms with Crippen LogP contribution in [0, 0.1) is 23.2 Å². The summed E-state index contributed by atoms with van der Waals surface area (Å²) in [6, 6.07) is 0. The lowest BCUT2D eigenvalue weighted by Crippen LogP contribution is -2.46. The Bertz CT molecular complexity index is 714. The first-order valence-electron chi connectivity index (χ1n) is 12.2. The zero-order chi connectivity index (χ0) is 23.0. The van der Waals surface area contributed by atoms with E-state index in [1.54, 1.807) is 26.8 Å². The average Bonchev–Trinajstić information content (AvgIpc) is 3.00. The molecule has 0 amide bonds. The molecule has 4 heteroatoms. The second-order valence-corrected chi connectivity index (χ2v) is 11.5. The van der Waals surface area contributed by atoms with Gasteiger partial charge in [0, 0.05) is 0 Å². The average molecular weight is 433 g/mol. The summed E-state index contributed by atoms with van der Waals surface area (Å²) in [6.45, 7) is 9.66. The van der Waals surface area contributed by atoms with Gasteiger partial charge in [0.2, 0.25) is 0 Å². The van der Waals surface area contributed by atoms with Gasteiger partial charge < -0.3 is 20.4 Å². The molecule has 176 valence electrons. The van der Waals surface area contributed by atoms with E-state index in [0.29, 0.717) is 37.0 Å². The van der Waals surface area contributed by atoms with E-state index >= 15 is 0 Å². The van der Waals surface area contributed by atoms with Crippen LogP contribution in [0.5, 0.6) is 0 Å². The molecule has 0 radical (unpaired) electrons. The molecule has 0 spiro atoms. The molecule has 7 atom stereocenters. The van der Waals surface area contributed by atoms with Crippen molar-refractivity contribution in [2.75, 3.05) is 0 Å². The standard InChI is InChI=1S/C27H44O4/c1-18(12-14-27(5,31)25(2,3)30)23-10-11-24-20(7-6-13-26(23,24)4)9-8-19-15-21(28)17-22(29)16-19/h8-9,12,14,18,21-24,28-31H,6-7,10-11,13,15-17H2,1-5H3/b14-12+,19-8?,20-9+/t18-,21-,22?,23-,24+,26-,27-/m1/s1. The van der Waals surface area contributed by atoms with Gasteiger partial charge in [-0.05, 0) is 95.3 Å². The highest BCUT2D eigenvalue weighted by atomic mass is 16.3. The molecule has 0 aromatic rings. The Balaban J connectivity index is 1.75. The minimum Gasteiger partial charge on any atom is -0.393 e. The number of hydrogen-bond donors (Lipinski definition) is 4. The van der Waals surface area contributed by atoms with E-state index in [9.17, 15) is 20.4 Å². The summed E-state index contributed by atoms with van der Waals surface area (Å²) in [5, 5.41) is 40.8. The zero-order valence-electron chi connectivity index (χ0n) is 20.1. The predicted molar refractivity (Wildman–Crippen MR) is 125 cm³/mol. The van der Waals surface area contributed by atoms with Crippen molar-refractivity contribution in [3.05, 3.63) is 35.5 Å². The van der Waals surface area contributed by atoms with E-state index in [0.717, 1.165) is 12.0 Å². The molecule has 4 N–H and O–H groups in total. The summed E-state index contributed by atoms with van der Waals surface area (Å²) >= 11 is 0. The largest absolute Gasteiger partial charge is 0.393 e. The molecule has 3 rings (SSSR count). The molecule has 0 aliphatic heterocycles. The first-order valence-corrected chi connectivity index (χ1v) is 12.2. The lowest BCUT2D eigenvalue weighted by atomic mass is 9.61. The Kier molecular flexibility index (Phi) is 7.27. The fourth-order valence-corrected chi connectivity index (χ4v) is 6.35. The molecule has 0 aromatic carbocycles. The molecular formula is C27H44O4. The summed E-state index contributed by atoms with van der Waals surface area (Å²) < 4.78 is 0. The van der Waals surface area contributed by atoms with E-state index in [1.807, 2.05) is 0 Å². The Labute approximate surface area is 188 Å². The number of allylic oxidation sites excluding steroid dienone is 4. The third kappa shape index (κ3) is 5.35. The smallest absolute Gasteiger partial charge is 0.108 e. The van der Waals surface area contributed by atoms with Gasteiger partial charge in [-0.1, -0.05) is 49.3 Å². The highest BCUT2D eigenvalue weighted by Crippen LogP contribution is 2.59. The first-order chi connectivity index (χ1) is 14.3. The SMILES string of the molecule is C[C@H](/C=C/[C@@](C)(O)C(C)(C)O)[C@H]1CC[C@H]2/C(=C/C=C3CC(O)C[C@H](O)C3)CCC[C@]12C. The van der Waals surface area contributed by atoms with E-state index in [2.05, 4.69) is 32.1 Å². The van der Waals surface area contributed by atoms with Crippen molar-refractivity contribution in [1.82, 2.24) is 0 Å². The number of aliphatic hydroxyl groups excluding tert-OH is 2. The number of fused-ring (bicyclic) bond motifs is 1. The van der Waals surface area contributed by atoms with Crippen LogP contribution in [0.1, 0.15) is 86.0 Å². The Morgan fingerprint density at radius 1 is 1.03 bits per heavy atom. The number of rotatable bonds is 5. The zero-order valence-corrected chi connectivity index (χ0v) is 20.1. The second kappa shape index (κ2) is 9.13. The molecule has 31 heavy (non-hydrogen) atoms. The maximum atomic E-state index is 10.6. The Hall–Kier alpha value is -0.940. The van der Waals surface area contributed by atoms with Crippen molar-refractivity contribution >= 4 is 0 Å². The van der Waals surface area contributed by atoms with Gasteiger partial charge >= 0.3 is 0 Å². The highest BCUT2D eigenvalue weighted by molar-refractivity contribution is 5.26. The highest BCUT2D eigenvalue weighted by Gasteiger charge is 2.50. The van der Waals surface area contributed by atoms with Crippen LogP contribution in [-0.2, 0) is 0 Å². The fraction of sp³-hybridized carbons (Fsp3) is 0.778. The van der Waals surface area contributed by atoms with Crippen LogP contribution in [0.2, 0.25) is 0 Å². The quantitative estimate of drug-likeness (QED) is 0.476. The lowest BCUT2D eigenvalue weighted by molar-refractivity contribution is -0.0886. The van der Waals surface area contributed by atoms with Gasteiger partial charge in [-0.25, -0.2) is 0 Å². The fourth-order valence-electron chi connectivity index (χ4n) is 6.35. The minimum atomic E-state index is -1.25. The van der Waals surface area contributed by atoms with Crippen molar-refractivity contribution in [1.29, 1.82) is 0 Å². The third-order valence-electron chi connectivity index (χ3n) is 8.71. The van der Waals surface area contributed by atoms with Gasteiger partial charge in [0.05, 0.1) is 17.8 Å². The molecule has 1 unspecified atom stereocenters.